The summed E-state index contributed by atoms with van der Waals surface area (Å²) in [6.45, 7) is -0.286. The molecule has 1 aromatic carbocycles. The SMILES string of the molecule is O=C(Nc1ccccc1Cl)c1cnc2n1CCN(C(=O)/C=C/CNCC(F)(F)F)C2. The first-order chi connectivity index (χ1) is 14.2. The van der Waals surface area contributed by atoms with Gasteiger partial charge in [-0.3, -0.25) is 9.59 Å². The van der Waals surface area contributed by atoms with Crippen LogP contribution in [-0.4, -0.2) is 52.1 Å². The minimum Gasteiger partial charge on any atom is -0.330 e. The van der Waals surface area contributed by atoms with Crippen LogP contribution < -0.4 is 10.6 Å². The largest absolute Gasteiger partial charge is 0.401 e. The highest BCUT2D eigenvalue weighted by atomic mass is 35.5. The predicted octanol–water partition coefficient (Wildman–Crippen LogP) is 2.84. The molecular formula is C19H19ClF3N5O2. The van der Waals surface area contributed by atoms with E-state index in [-0.39, 0.29) is 24.9 Å². The number of benzene rings is 1. The van der Waals surface area contributed by atoms with Crippen LogP contribution in [-0.2, 0) is 17.9 Å². The molecule has 2 N–H and O–H groups in total. The number of nitrogens with one attached hydrogen (secondary N) is 2. The number of halogens is 4. The monoisotopic (exact) mass is 441 g/mol. The zero-order chi connectivity index (χ0) is 21.7. The Balaban J connectivity index is 1.57. The number of para-hydroxylation sites is 1. The Labute approximate surface area is 175 Å². The molecule has 1 aliphatic rings. The zero-order valence-electron chi connectivity index (χ0n) is 15.7. The quantitative estimate of drug-likeness (QED) is 0.533. The Bertz CT molecular complexity index is 958. The first-order valence-electron chi connectivity index (χ1n) is 9.08. The Morgan fingerprint density at radius 2 is 2.00 bits per heavy atom. The molecular weight excluding hydrogens is 423 g/mol. The van der Waals surface area contributed by atoms with Gasteiger partial charge in [0.1, 0.15) is 11.5 Å². The molecule has 1 aromatic heterocycles. The van der Waals surface area contributed by atoms with Gasteiger partial charge < -0.3 is 20.1 Å². The predicted molar refractivity (Wildman–Crippen MR) is 105 cm³/mol. The molecule has 2 aromatic rings. The highest BCUT2D eigenvalue weighted by Crippen LogP contribution is 2.22. The number of carbonyl (C=O) groups is 2. The van der Waals surface area contributed by atoms with Crippen LogP contribution >= 0.6 is 11.6 Å². The van der Waals surface area contributed by atoms with E-state index in [4.69, 9.17) is 11.6 Å². The second kappa shape index (κ2) is 9.31. The molecule has 0 atom stereocenters. The second-order valence-electron chi connectivity index (χ2n) is 6.55. The number of hydrogen-bond donors (Lipinski definition) is 2. The molecule has 0 aliphatic carbocycles. The van der Waals surface area contributed by atoms with Gasteiger partial charge in [-0.15, -0.1) is 0 Å². The van der Waals surface area contributed by atoms with Gasteiger partial charge in [0.15, 0.2) is 0 Å². The number of fused-ring (bicyclic) bond motifs is 1. The van der Waals surface area contributed by atoms with Crippen molar-refractivity contribution in [3.8, 4) is 0 Å². The number of aromatic nitrogens is 2. The molecule has 11 heteroatoms. The number of alkyl halides is 3. The zero-order valence-corrected chi connectivity index (χ0v) is 16.5. The number of amides is 2. The van der Waals surface area contributed by atoms with Crippen molar-refractivity contribution >= 4 is 29.1 Å². The van der Waals surface area contributed by atoms with Crippen LogP contribution in [0.15, 0.2) is 42.6 Å². The number of anilines is 1. The summed E-state index contributed by atoms with van der Waals surface area (Å²) in [7, 11) is 0. The molecule has 0 saturated carbocycles. The van der Waals surface area contributed by atoms with Crippen molar-refractivity contribution in [2.24, 2.45) is 0 Å². The van der Waals surface area contributed by atoms with Crippen molar-refractivity contribution in [2.45, 2.75) is 19.3 Å². The van der Waals surface area contributed by atoms with Crippen LogP contribution in [0.5, 0.6) is 0 Å². The summed E-state index contributed by atoms with van der Waals surface area (Å²) in [5.41, 5.74) is 0.834. The van der Waals surface area contributed by atoms with Gasteiger partial charge in [-0.2, -0.15) is 13.2 Å². The summed E-state index contributed by atoms with van der Waals surface area (Å²) in [4.78, 5) is 30.6. The molecule has 0 unspecified atom stereocenters. The maximum absolute atomic E-state index is 12.6. The summed E-state index contributed by atoms with van der Waals surface area (Å²) >= 11 is 6.06. The van der Waals surface area contributed by atoms with E-state index in [2.05, 4.69) is 15.6 Å². The third-order valence-electron chi connectivity index (χ3n) is 4.38. The van der Waals surface area contributed by atoms with Gasteiger partial charge in [0.2, 0.25) is 5.91 Å². The molecule has 2 heterocycles. The molecule has 160 valence electrons. The van der Waals surface area contributed by atoms with Gasteiger partial charge in [0, 0.05) is 25.7 Å². The number of carbonyl (C=O) groups excluding carboxylic acids is 2. The van der Waals surface area contributed by atoms with E-state index in [9.17, 15) is 22.8 Å². The molecule has 0 fully saturated rings. The third kappa shape index (κ3) is 5.61. The number of rotatable bonds is 6. The lowest BCUT2D eigenvalue weighted by atomic mass is 10.3. The highest BCUT2D eigenvalue weighted by Gasteiger charge is 2.26. The normalized spacial score (nSPS) is 14.1. The number of nitrogens with zero attached hydrogens (tertiary/aromatic N) is 3. The lowest BCUT2D eigenvalue weighted by Crippen LogP contribution is -2.38. The molecule has 2 amide bonds. The van der Waals surface area contributed by atoms with Crippen molar-refractivity contribution in [2.75, 3.05) is 25.0 Å². The van der Waals surface area contributed by atoms with Crippen LogP contribution in [0.2, 0.25) is 5.02 Å². The van der Waals surface area contributed by atoms with Crippen molar-refractivity contribution < 1.29 is 22.8 Å². The van der Waals surface area contributed by atoms with Crippen LogP contribution in [0.3, 0.4) is 0 Å². The molecule has 3 rings (SSSR count). The number of hydrogen-bond acceptors (Lipinski definition) is 4. The lowest BCUT2D eigenvalue weighted by Gasteiger charge is -2.27. The van der Waals surface area contributed by atoms with Gasteiger partial charge in [-0.1, -0.05) is 29.8 Å². The Kier molecular flexibility index (Phi) is 6.78. The maximum Gasteiger partial charge on any atom is 0.401 e. The summed E-state index contributed by atoms with van der Waals surface area (Å²) in [5, 5.41) is 5.34. The molecule has 0 radical (unpaired) electrons. The average Bonchev–Trinajstić information content (AvgIpc) is 3.11. The summed E-state index contributed by atoms with van der Waals surface area (Å²) in [5.74, 6) is -0.153. The summed E-state index contributed by atoms with van der Waals surface area (Å²) in [6, 6.07) is 6.86. The molecule has 0 spiro atoms. The maximum atomic E-state index is 12.6. The second-order valence-corrected chi connectivity index (χ2v) is 6.96. The van der Waals surface area contributed by atoms with Crippen LogP contribution in [0.25, 0.3) is 0 Å². The van der Waals surface area contributed by atoms with Crippen LogP contribution in [0.1, 0.15) is 16.3 Å². The van der Waals surface area contributed by atoms with E-state index >= 15 is 0 Å². The van der Waals surface area contributed by atoms with E-state index in [1.807, 2.05) is 0 Å². The minimum absolute atomic E-state index is 0.0694. The lowest BCUT2D eigenvalue weighted by molar-refractivity contribution is -0.127. The Morgan fingerprint density at radius 3 is 2.73 bits per heavy atom. The Hall–Kier alpha value is -2.85. The summed E-state index contributed by atoms with van der Waals surface area (Å²) < 4.78 is 37.9. The molecule has 0 saturated heterocycles. The van der Waals surface area contributed by atoms with Crippen molar-refractivity contribution in [3.05, 3.63) is 59.2 Å². The molecule has 30 heavy (non-hydrogen) atoms. The molecule has 0 bridgehead atoms. The highest BCUT2D eigenvalue weighted by molar-refractivity contribution is 6.33. The topological polar surface area (TPSA) is 79.3 Å². The van der Waals surface area contributed by atoms with Gasteiger partial charge in [-0.25, -0.2) is 4.98 Å². The van der Waals surface area contributed by atoms with Gasteiger partial charge in [0.05, 0.1) is 30.0 Å². The van der Waals surface area contributed by atoms with E-state index < -0.39 is 12.7 Å². The van der Waals surface area contributed by atoms with Gasteiger partial charge in [0.25, 0.3) is 5.91 Å². The van der Waals surface area contributed by atoms with Crippen molar-refractivity contribution in [3.63, 3.8) is 0 Å². The van der Waals surface area contributed by atoms with E-state index in [1.165, 1.54) is 23.2 Å². The van der Waals surface area contributed by atoms with Gasteiger partial charge in [-0.05, 0) is 12.1 Å². The smallest absolute Gasteiger partial charge is 0.330 e. The third-order valence-corrected chi connectivity index (χ3v) is 4.71. The standard InChI is InChI=1S/C19H19ClF3N5O2/c20-13-4-1-2-5-14(13)26-18(30)15-10-25-16-11-27(8-9-28(15)16)17(29)6-3-7-24-12-19(21,22)23/h1-6,10,24H,7-9,11-12H2,(H,26,30)/b6-3+. The first-order valence-corrected chi connectivity index (χ1v) is 9.45. The average molecular weight is 442 g/mol. The molecule has 1 aliphatic heterocycles. The van der Waals surface area contributed by atoms with E-state index in [0.717, 1.165) is 0 Å². The van der Waals surface area contributed by atoms with Crippen molar-refractivity contribution in [1.29, 1.82) is 0 Å². The molecule has 7 nitrogen and oxygen atoms in total. The fraction of sp³-hybridized carbons (Fsp3) is 0.316. The van der Waals surface area contributed by atoms with Gasteiger partial charge >= 0.3 is 6.18 Å². The fourth-order valence-corrected chi connectivity index (χ4v) is 3.12. The van der Waals surface area contributed by atoms with E-state index in [0.29, 0.717) is 35.3 Å². The van der Waals surface area contributed by atoms with Crippen molar-refractivity contribution in [1.82, 2.24) is 19.8 Å². The van der Waals surface area contributed by atoms with Crippen LogP contribution in [0.4, 0.5) is 18.9 Å². The first kappa shape index (κ1) is 21.8. The summed E-state index contributed by atoms with van der Waals surface area (Å²) in [6.07, 6.45) is -0.283. The number of imidazole rings is 1. The van der Waals surface area contributed by atoms with E-state index in [1.54, 1.807) is 28.8 Å². The fourth-order valence-electron chi connectivity index (χ4n) is 2.94. The van der Waals surface area contributed by atoms with Crippen LogP contribution in [0, 0.1) is 0 Å². The minimum atomic E-state index is -4.29. The Morgan fingerprint density at radius 1 is 1.23 bits per heavy atom.